The van der Waals surface area contributed by atoms with Crippen molar-refractivity contribution in [2.45, 2.75) is 25.4 Å². The number of nitro groups is 1. The molecule has 0 aliphatic carbocycles. The van der Waals surface area contributed by atoms with Crippen molar-refractivity contribution in [3.05, 3.63) is 46.0 Å². The van der Waals surface area contributed by atoms with E-state index in [0.29, 0.717) is 23.1 Å². The average molecular weight is 287 g/mol. The Morgan fingerprint density at radius 1 is 1.43 bits per heavy atom. The zero-order valence-corrected chi connectivity index (χ0v) is 11.3. The predicted molar refractivity (Wildman–Crippen MR) is 75.6 cm³/mol. The van der Waals surface area contributed by atoms with Crippen LogP contribution in [0.3, 0.4) is 0 Å². The van der Waals surface area contributed by atoms with E-state index in [1.54, 1.807) is 31.2 Å². The summed E-state index contributed by atoms with van der Waals surface area (Å²) in [4.78, 5) is 21.8. The summed E-state index contributed by atoms with van der Waals surface area (Å²) in [5.41, 5.74) is -0.136. The molecule has 1 N–H and O–H groups in total. The predicted octanol–water partition coefficient (Wildman–Crippen LogP) is 2.92. The molecule has 6 heteroatoms. The molecule has 0 bridgehead atoms. The van der Waals surface area contributed by atoms with Gasteiger partial charge >= 0.3 is 5.97 Å². The molecule has 0 aromatic heterocycles. The normalized spacial score (nSPS) is 20.0. The fourth-order valence-electron chi connectivity index (χ4n) is 2.93. The second-order valence-corrected chi connectivity index (χ2v) is 5.47. The number of nitro benzene ring substituents is 1. The fourth-order valence-corrected chi connectivity index (χ4v) is 2.93. The zero-order chi connectivity index (χ0) is 15.2. The van der Waals surface area contributed by atoms with Gasteiger partial charge < -0.3 is 9.84 Å². The molecule has 2 aromatic carbocycles. The fraction of sp³-hybridized carbons (Fsp3) is 0.267. The number of aliphatic carboxylic acids is 1. The van der Waals surface area contributed by atoms with Gasteiger partial charge in [0.15, 0.2) is 0 Å². The highest BCUT2D eigenvalue weighted by Crippen LogP contribution is 2.43. The number of nitrogens with zero attached hydrogens (tertiary/aromatic N) is 1. The van der Waals surface area contributed by atoms with Gasteiger partial charge in [0.2, 0.25) is 0 Å². The Labute approximate surface area is 120 Å². The van der Waals surface area contributed by atoms with E-state index in [9.17, 15) is 14.9 Å². The van der Waals surface area contributed by atoms with Crippen LogP contribution in [0.25, 0.3) is 10.8 Å². The minimum atomic E-state index is -0.955. The number of hydrogen-bond acceptors (Lipinski definition) is 4. The third-order valence-corrected chi connectivity index (χ3v) is 3.72. The molecule has 1 atom stereocenters. The molecular formula is C15H13NO5. The Bertz CT molecular complexity index is 770. The van der Waals surface area contributed by atoms with Gasteiger partial charge in [-0.25, -0.2) is 0 Å². The van der Waals surface area contributed by atoms with E-state index in [1.807, 2.05) is 0 Å². The summed E-state index contributed by atoms with van der Waals surface area (Å²) in [7, 11) is 0. The second kappa shape index (κ2) is 4.44. The SMILES string of the molecule is CC1(CC(=O)O)Cc2c(ccc3cccc([N+](=O)[O-])c23)O1. The van der Waals surface area contributed by atoms with Crippen LogP contribution in [0, 0.1) is 10.1 Å². The number of hydrogen-bond donors (Lipinski definition) is 1. The molecule has 0 saturated heterocycles. The van der Waals surface area contributed by atoms with E-state index < -0.39 is 16.5 Å². The molecule has 21 heavy (non-hydrogen) atoms. The van der Waals surface area contributed by atoms with Gasteiger partial charge in [-0.15, -0.1) is 0 Å². The minimum Gasteiger partial charge on any atom is -0.486 e. The first-order valence-corrected chi connectivity index (χ1v) is 6.49. The van der Waals surface area contributed by atoms with Crippen LogP contribution in [-0.2, 0) is 11.2 Å². The average Bonchev–Trinajstić information content (AvgIpc) is 2.72. The summed E-state index contributed by atoms with van der Waals surface area (Å²) < 4.78 is 5.74. The molecule has 6 nitrogen and oxygen atoms in total. The van der Waals surface area contributed by atoms with Crippen LogP contribution in [0.4, 0.5) is 5.69 Å². The molecule has 1 aliphatic rings. The monoisotopic (exact) mass is 287 g/mol. The van der Waals surface area contributed by atoms with E-state index in [2.05, 4.69) is 0 Å². The maximum Gasteiger partial charge on any atom is 0.307 e. The first-order chi connectivity index (χ1) is 9.89. The number of ether oxygens (including phenoxy) is 1. The van der Waals surface area contributed by atoms with Crippen molar-refractivity contribution >= 4 is 22.4 Å². The van der Waals surface area contributed by atoms with Crippen LogP contribution in [-0.4, -0.2) is 21.6 Å². The van der Waals surface area contributed by atoms with E-state index in [-0.39, 0.29) is 12.1 Å². The largest absolute Gasteiger partial charge is 0.486 e. The Morgan fingerprint density at radius 3 is 2.86 bits per heavy atom. The van der Waals surface area contributed by atoms with Gasteiger partial charge in [0.05, 0.1) is 16.7 Å². The lowest BCUT2D eigenvalue weighted by molar-refractivity contribution is -0.383. The highest BCUT2D eigenvalue weighted by Gasteiger charge is 2.39. The molecule has 108 valence electrons. The van der Waals surface area contributed by atoms with Crippen LogP contribution in [0.2, 0.25) is 0 Å². The van der Waals surface area contributed by atoms with Crippen LogP contribution in [0.5, 0.6) is 5.75 Å². The minimum absolute atomic E-state index is 0.0209. The topological polar surface area (TPSA) is 89.7 Å². The smallest absolute Gasteiger partial charge is 0.307 e. The highest BCUT2D eigenvalue weighted by atomic mass is 16.6. The summed E-state index contributed by atoms with van der Waals surface area (Å²) in [5.74, 6) is -0.426. The van der Waals surface area contributed by atoms with Crippen molar-refractivity contribution in [3.8, 4) is 5.75 Å². The third-order valence-electron chi connectivity index (χ3n) is 3.72. The van der Waals surface area contributed by atoms with Gasteiger partial charge in [0.1, 0.15) is 11.4 Å². The maximum atomic E-state index is 11.2. The lowest BCUT2D eigenvalue weighted by Crippen LogP contribution is -2.33. The second-order valence-electron chi connectivity index (χ2n) is 5.47. The first kappa shape index (κ1) is 13.4. The molecule has 1 aliphatic heterocycles. The van der Waals surface area contributed by atoms with Crippen LogP contribution >= 0.6 is 0 Å². The first-order valence-electron chi connectivity index (χ1n) is 6.49. The van der Waals surface area contributed by atoms with Crippen molar-refractivity contribution in [1.82, 2.24) is 0 Å². The van der Waals surface area contributed by atoms with Gasteiger partial charge in [0, 0.05) is 18.1 Å². The van der Waals surface area contributed by atoms with Crippen molar-refractivity contribution < 1.29 is 19.6 Å². The molecule has 2 aromatic rings. The molecule has 0 amide bonds. The third kappa shape index (κ3) is 2.18. The Kier molecular flexibility index (Phi) is 2.83. The van der Waals surface area contributed by atoms with Crippen molar-refractivity contribution in [3.63, 3.8) is 0 Å². The number of carboxylic acids is 1. The Balaban J connectivity index is 2.18. The Morgan fingerprint density at radius 2 is 2.19 bits per heavy atom. The number of carbonyl (C=O) groups is 1. The van der Waals surface area contributed by atoms with Gasteiger partial charge in [0.25, 0.3) is 5.69 Å². The quantitative estimate of drug-likeness (QED) is 0.692. The Hall–Kier alpha value is -2.63. The molecule has 1 unspecified atom stereocenters. The summed E-state index contributed by atoms with van der Waals surface area (Å²) in [6.07, 6.45) is 0.195. The summed E-state index contributed by atoms with van der Waals surface area (Å²) in [5, 5.41) is 21.5. The molecule has 1 heterocycles. The molecule has 0 radical (unpaired) electrons. The number of non-ortho nitro benzene ring substituents is 1. The highest BCUT2D eigenvalue weighted by molar-refractivity contribution is 5.96. The van der Waals surface area contributed by atoms with Gasteiger partial charge in [-0.05, 0) is 18.4 Å². The van der Waals surface area contributed by atoms with Crippen LogP contribution in [0.15, 0.2) is 30.3 Å². The number of rotatable bonds is 3. The van der Waals surface area contributed by atoms with Crippen molar-refractivity contribution in [2.24, 2.45) is 0 Å². The van der Waals surface area contributed by atoms with E-state index >= 15 is 0 Å². The number of carboxylic acid groups (broad SMARTS) is 1. The summed E-state index contributed by atoms with van der Waals surface area (Å²) in [6, 6.07) is 8.40. The lowest BCUT2D eigenvalue weighted by atomic mass is 9.92. The van der Waals surface area contributed by atoms with Crippen LogP contribution < -0.4 is 4.74 Å². The zero-order valence-electron chi connectivity index (χ0n) is 11.3. The van der Waals surface area contributed by atoms with E-state index in [0.717, 1.165) is 5.39 Å². The molecule has 3 rings (SSSR count). The number of benzene rings is 2. The lowest BCUT2D eigenvalue weighted by Gasteiger charge is -2.21. The van der Waals surface area contributed by atoms with Crippen molar-refractivity contribution in [1.29, 1.82) is 0 Å². The molecule has 0 fully saturated rings. The van der Waals surface area contributed by atoms with E-state index in [1.165, 1.54) is 6.07 Å². The van der Waals surface area contributed by atoms with Gasteiger partial charge in [-0.1, -0.05) is 18.2 Å². The molecule has 0 spiro atoms. The standard InChI is InChI=1S/C15H13NO5/c1-15(8-13(17)18)7-10-12(21-15)6-5-9-3-2-4-11(14(9)10)16(19)20/h2-6H,7-8H2,1H3,(H,17,18). The van der Waals surface area contributed by atoms with Crippen molar-refractivity contribution in [2.75, 3.05) is 0 Å². The van der Waals surface area contributed by atoms with Crippen LogP contribution in [0.1, 0.15) is 18.9 Å². The number of fused-ring (bicyclic) bond motifs is 3. The van der Waals surface area contributed by atoms with Gasteiger partial charge in [-0.3, -0.25) is 14.9 Å². The molecule has 0 saturated carbocycles. The maximum absolute atomic E-state index is 11.2. The summed E-state index contributed by atoms with van der Waals surface area (Å²) in [6.45, 7) is 1.71. The van der Waals surface area contributed by atoms with E-state index in [4.69, 9.17) is 9.84 Å². The summed E-state index contributed by atoms with van der Waals surface area (Å²) >= 11 is 0. The molecular weight excluding hydrogens is 274 g/mol. The van der Waals surface area contributed by atoms with Gasteiger partial charge in [-0.2, -0.15) is 0 Å².